The Morgan fingerprint density at radius 2 is 1.28 bits per heavy atom. The second kappa shape index (κ2) is 11.9. The third-order valence-corrected chi connectivity index (χ3v) is 2.96. The summed E-state index contributed by atoms with van der Waals surface area (Å²) in [5, 5.41) is 26.2. The van der Waals surface area contributed by atoms with Crippen molar-refractivity contribution in [3.63, 3.8) is 0 Å². The van der Waals surface area contributed by atoms with Crippen LogP contribution in [-0.4, -0.2) is 33.8 Å². The zero-order valence-electron chi connectivity index (χ0n) is 11.7. The van der Waals surface area contributed by atoms with Gasteiger partial charge in [-0.25, -0.2) is 0 Å². The normalized spacial score (nSPS) is 16.3. The van der Waals surface area contributed by atoms with Crippen molar-refractivity contribution < 1.29 is 15.3 Å². The Morgan fingerprint density at radius 3 is 1.61 bits per heavy atom. The highest BCUT2D eigenvalue weighted by Crippen LogP contribution is 2.13. The minimum absolute atomic E-state index is 0.167. The molecule has 1 unspecified atom stereocenters. The molecule has 1 aliphatic rings. The van der Waals surface area contributed by atoms with E-state index in [4.69, 9.17) is 21.1 Å². The molecule has 1 aliphatic carbocycles. The smallest absolute Gasteiger partial charge is 0.151 e. The number of rotatable bonds is 9. The van der Waals surface area contributed by atoms with Crippen LogP contribution in [0.5, 0.6) is 0 Å². The summed E-state index contributed by atoms with van der Waals surface area (Å²) in [6, 6.07) is 0.583. The lowest BCUT2D eigenvalue weighted by atomic mass is 10.1. The summed E-state index contributed by atoms with van der Waals surface area (Å²) in [6.07, 6.45) is 9.21. The van der Waals surface area contributed by atoms with E-state index in [0.717, 1.165) is 32.1 Å². The summed E-state index contributed by atoms with van der Waals surface area (Å²) in [5.41, 5.74) is 5.22. The van der Waals surface area contributed by atoms with E-state index >= 15 is 0 Å². The number of hydrogen-bond acceptors (Lipinski definition) is 4. The Kier molecular flexibility index (Phi) is 11.8. The summed E-state index contributed by atoms with van der Waals surface area (Å²) in [4.78, 5) is 0. The number of aliphatic hydroxyl groups excluding tert-OH is 2. The standard InChI is InChI=1S/C11H24O3.C3H7N/c1-10(12)8-6-4-2-3-5-7-9-11(13)14;4-3-1-2-3/h10-14H,2-9H2,1H3;3H,1-2,4H2. The molecule has 4 nitrogen and oxygen atoms in total. The van der Waals surface area contributed by atoms with Crippen LogP contribution in [0.4, 0.5) is 0 Å². The lowest BCUT2D eigenvalue weighted by Crippen LogP contribution is -2.02. The van der Waals surface area contributed by atoms with Crippen molar-refractivity contribution in [2.24, 2.45) is 5.73 Å². The molecule has 4 heteroatoms. The van der Waals surface area contributed by atoms with Gasteiger partial charge in [0.05, 0.1) is 6.10 Å². The number of nitrogens with two attached hydrogens (primary N) is 1. The fourth-order valence-corrected chi connectivity index (χ4v) is 1.57. The molecule has 5 N–H and O–H groups in total. The van der Waals surface area contributed by atoms with Crippen molar-refractivity contribution >= 4 is 0 Å². The Balaban J connectivity index is 0.000000601. The zero-order chi connectivity index (χ0) is 13.8. The molecule has 18 heavy (non-hydrogen) atoms. The first-order valence-corrected chi connectivity index (χ1v) is 7.32. The number of aliphatic hydroxyl groups is 3. The van der Waals surface area contributed by atoms with E-state index < -0.39 is 6.29 Å². The van der Waals surface area contributed by atoms with E-state index in [1.807, 2.05) is 6.92 Å². The molecule has 0 aliphatic heterocycles. The van der Waals surface area contributed by atoms with Crippen molar-refractivity contribution in [3.05, 3.63) is 0 Å². The van der Waals surface area contributed by atoms with Crippen molar-refractivity contribution in [2.45, 2.75) is 89.6 Å². The Labute approximate surface area is 111 Å². The predicted molar refractivity (Wildman–Crippen MR) is 74.1 cm³/mol. The van der Waals surface area contributed by atoms with Gasteiger partial charge in [0.15, 0.2) is 6.29 Å². The van der Waals surface area contributed by atoms with Crippen LogP contribution in [0.2, 0.25) is 0 Å². The van der Waals surface area contributed by atoms with Gasteiger partial charge in [-0.05, 0) is 39.0 Å². The molecule has 0 aromatic heterocycles. The molecule has 1 fully saturated rings. The molecule has 0 aromatic rings. The molecule has 0 spiro atoms. The van der Waals surface area contributed by atoms with Crippen LogP contribution in [0, 0.1) is 0 Å². The Morgan fingerprint density at radius 1 is 0.889 bits per heavy atom. The van der Waals surface area contributed by atoms with Gasteiger partial charge in [-0.2, -0.15) is 0 Å². The maximum atomic E-state index is 9.00. The molecular formula is C14H31NO3. The lowest BCUT2D eigenvalue weighted by molar-refractivity contribution is -0.0466. The first-order valence-electron chi connectivity index (χ1n) is 7.32. The van der Waals surface area contributed by atoms with Gasteiger partial charge in [0.1, 0.15) is 0 Å². The van der Waals surface area contributed by atoms with Crippen molar-refractivity contribution in [2.75, 3.05) is 0 Å². The van der Waals surface area contributed by atoms with Crippen molar-refractivity contribution in [3.8, 4) is 0 Å². The van der Waals surface area contributed by atoms with Crippen LogP contribution < -0.4 is 5.73 Å². The number of hydrogen-bond donors (Lipinski definition) is 4. The minimum Gasteiger partial charge on any atom is -0.393 e. The third kappa shape index (κ3) is 18.2. The third-order valence-electron chi connectivity index (χ3n) is 2.96. The fraction of sp³-hybridized carbons (Fsp3) is 1.00. The lowest BCUT2D eigenvalue weighted by Gasteiger charge is -2.04. The van der Waals surface area contributed by atoms with E-state index in [2.05, 4.69) is 0 Å². The molecule has 1 saturated carbocycles. The highest BCUT2D eigenvalue weighted by Gasteiger charge is 2.13. The topological polar surface area (TPSA) is 86.7 Å². The molecule has 0 bridgehead atoms. The van der Waals surface area contributed by atoms with Gasteiger partial charge in [-0.1, -0.05) is 32.1 Å². The van der Waals surface area contributed by atoms with Crippen LogP contribution in [-0.2, 0) is 0 Å². The van der Waals surface area contributed by atoms with E-state index in [1.165, 1.54) is 25.7 Å². The van der Waals surface area contributed by atoms with Gasteiger partial charge in [0.25, 0.3) is 0 Å². The van der Waals surface area contributed by atoms with E-state index in [9.17, 15) is 0 Å². The second-order valence-electron chi connectivity index (χ2n) is 5.37. The molecule has 110 valence electrons. The molecule has 0 heterocycles. The summed E-state index contributed by atoms with van der Waals surface area (Å²) in [7, 11) is 0. The molecule has 0 saturated heterocycles. The van der Waals surface area contributed by atoms with Gasteiger partial charge in [0, 0.05) is 6.04 Å². The largest absolute Gasteiger partial charge is 0.393 e. The molecule has 1 rings (SSSR count). The van der Waals surface area contributed by atoms with Crippen LogP contribution >= 0.6 is 0 Å². The highest BCUT2D eigenvalue weighted by molar-refractivity contribution is 4.75. The highest BCUT2D eigenvalue weighted by atomic mass is 16.5. The van der Waals surface area contributed by atoms with Crippen LogP contribution in [0.3, 0.4) is 0 Å². The monoisotopic (exact) mass is 261 g/mol. The van der Waals surface area contributed by atoms with Gasteiger partial charge in [0.2, 0.25) is 0 Å². The van der Waals surface area contributed by atoms with Gasteiger partial charge >= 0.3 is 0 Å². The molecule has 1 atom stereocenters. The maximum absolute atomic E-state index is 9.00. The average molecular weight is 261 g/mol. The van der Waals surface area contributed by atoms with Crippen LogP contribution in [0.1, 0.15) is 71.1 Å². The molecular weight excluding hydrogens is 230 g/mol. The molecule has 0 amide bonds. The van der Waals surface area contributed by atoms with E-state index in [1.54, 1.807) is 0 Å². The predicted octanol–water partition coefficient (Wildman–Crippen LogP) is 1.91. The van der Waals surface area contributed by atoms with E-state index in [-0.39, 0.29) is 6.10 Å². The van der Waals surface area contributed by atoms with Crippen molar-refractivity contribution in [1.29, 1.82) is 0 Å². The summed E-state index contributed by atoms with van der Waals surface area (Å²) in [6.45, 7) is 1.82. The summed E-state index contributed by atoms with van der Waals surface area (Å²) in [5.74, 6) is 0. The Hall–Kier alpha value is -0.160. The van der Waals surface area contributed by atoms with Crippen LogP contribution in [0.25, 0.3) is 0 Å². The Bertz CT molecular complexity index is 156. The fourth-order valence-electron chi connectivity index (χ4n) is 1.57. The summed E-state index contributed by atoms with van der Waals surface area (Å²) >= 11 is 0. The van der Waals surface area contributed by atoms with Crippen molar-refractivity contribution in [1.82, 2.24) is 0 Å². The van der Waals surface area contributed by atoms with Gasteiger partial charge in [-0.15, -0.1) is 0 Å². The maximum Gasteiger partial charge on any atom is 0.151 e. The van der Waals surface area contributed by atoms with Gasteiger partial charge in [-0.3, -0.25) is 0 Å². The molecule has 0 aromatic carbocycles. The minimum atomic E-state index is -1.13. The quantitative estimate of drug-likeness (QED) is 0.377. The SMILES string of the molecule is CC(O)CCCCCCCCC(O)O.NC1CC1. The van der Waals surface area contributed by atoms with Crippen LogP contribution in [0.15, 0.2) is 0 Å². The zero-order valence-corrected chi connectivity index (χ0v) is 11.7. The van der Waals surface area contributed by atoms with Gasteiger partial charge < -0.3 is 21.1 Å². The average Bonchev–Trinajstić information content (AvgIpc) is 3.05. The second-order valence-corrected chi connectivity index (χ2v) is 5.37. The van der Waals surface area contributed by atoms with E-state index in [0.29, 0.717) is 12.5 Å². The number of unbranched alkanes of at least 4 members (excludes halogenated alkanes) is 5. The first-order chi connectivity index (χ1) is 8.52. The summed E-state index contributed by atoms with van der Waals surface area (Å²) < 4.78 is 0. The molecule has 0 radical (unpaired) electrons. The first kappa shape index (κ1) is 17.8.